The molecule has 0 spiro atoms. The van der Waals surface area contributed by atoms with E-state index in [2.05, 4.69) is 26.8 Å². The molecule has 1 amide bonds. The van der Waals surface area contributed by atoms with E-state index in [1.165, 1.54) is 34.9 Å². The van der Waals surface area contributed by atoms with Crippen molar-refractivity contribution in [1.29, 1.82) is 0 Å². The first-order chi connectivity index (χ1) is 9.28. The largest absolute Gasteiger partial charge is 0.296 e. The molecule has 0 saturated carbocycles. The first-order valence-electron chi connectivity index (χ1n) is 6.36. The van der Waals surface area contributed by atoms with Crippen molar-refractivity contribution in [3.63, 3.8) is 0 Å². The van der Waals surface area contributed by atoms with Gasteiger partial charge in [0.2, 0.25) is 0 Å². The van der Waals surface area contributed by atoms with Crippen molar-refractivity contribution in [2.24, 2.45) is 0 Å². The molecular weight excluding hydrogens is 280 g/mol. The van der Waals surface area contributed by atoms with Gasteiger partial charge in [-0.3, -0.25) is 10.1 Å². The van der Waals surface area contributed by atoms with Gasteiger partial charge in [-0.1, -0.05) is 11.4 Å². The smallest absolute Gasteiger partial charge is 0.278 e. The average molecular weight is 294 g/mol. The minimum absolute atomic E-state index is 0.229. The number of amides is 1. The van der Waals surface area contributed by atoms with Crippen LogP contribution in [0.25, 0.3) is 0 Å². The fraction of sp³-hybridized carbons (Fsp3) is 0.500. The van der Waals surface area contributed by atoms with E-state index in [1.807, 2.05) is 0 Å². The van der Waals surface area contributed by atoms with E-state index in [-0.39, 0.29) is 5.91 Å². The molecule has 0 aromatic carbocycles. The SMILES string of the molecule is CCC1CCCc2sc(NC(=O)c3csnn3)nc21. The van der Waals surface area contributed by atoms with Crippen molar-refractivity contribution < 1.29 is 4.79 Å². The van der Waals surface area contributed by atoms with Crippen LogP contribution in [0.3, 0.4) is 0 Å². The topological polar surface area (TPSA) is 67.8 Å². The Morgan fingerprint density at radius 1 is 1.58 bits per heavy atom. The highest BCUT2D eigenvalue weighted by Gasteiger charge is 2.24. The molecule has 100 valence electrons. The summed E-state index contributed by atoms with van der Waals surface area (Å²) in [6.45, 7) is 2.19. The predicted molar refractivity (Wildman–Crippen MR) is 75.9 cm³/mol. The summed E-state index contributed by atoms with van der Waals surface area (Å²) in [6.07, 6.45) is 4.62. The van der Waals surface area contributed by atoms with E-state index < -0.39 is 0 Å². The van der Waals surface area contributed by atoms with Crippen LogP contribution in [0.5, 0.6) is 0 Å². The van der Waals surface area contributed by atoms with Gasteiger partial charge in [0.15, 0.2) is 10.8 Å². The molecule has 1 aliphatic rings. The second kappa shape index (κ2) is 5.34. The molecule has 0 saturated heterocycles. The second-order valence-electron chi connectivity index (χ2n) is 4.57. The minimum Gasteiger partial charge on any atom is -0.296 e. The molecular formula is C12H14N4OS2. The molecule has 2 aromatic heterocycles. The van der Waals surface area contributed by atoms with Gasteiger partial charge in [-0.2, -0.15) is 0 Å². The van der Waals surface area contributed by atoms with Crippen molar-refractivity contribution in [3.05, 3.63) is 21.6 Å². The molecule has 7 heteroatoms. The highest BCUT2D eigenvalue weighted by Crippen LogP contribution is 2.38. The quantitative estimate of drug-likeness (QED) is 0.944. The van der Waals surface area contributed by atoms with Gasteiger partial charge in [-0.25, -0.2) is 4.98 Å². The Morgan fingerprint density at radius 3 is 3.21 bits per heavy atom. The van der Waals surface area contributed by atoms with Gasteiger partial charge in [-0.15, -0.1) is 16.4 Å². The summed E-state index contributed by atoms with van der Waals surface area (Å²) in [5.74, 6) is 0.319. The van der Waals surface area contributed by atoms with E-state index >= 15 is 0 Å². The van der Waals surface area contributed by atoms with E-state index in [4.69, 9.17) is 0 Å². The monoisotopic (exact) mass is 294 g/mol. The fourth-order valence-corrected chi connectivity index (χ4v) is 3.90. The van der Waals surface area contributed by atoms with Crippen LogP contribution in [0.4, 0.5) is 5.13 Å². The van der Waals surface area contributed by atoms with Crippen LogP contribution in [-0.2, 0) is 6.42 Å². The third-order valence-corrected chi connectivity index (χ3v) is 4.93. The molecule has 0 aliphatic heterocycles. The van der Waals surface area contributed by atoms with E-state index in [0.29, 0.717) is 16.7 Å². The maximum Gasteiger partial charge on any atom is 0.278 e. The molecule has 1 N–H and O–H groups in total. The van der Waals surface area contributed by atoms with Crippen molar-refractivity contribution in [3.8, 4) is 0 Å². The second-order valence-corrected chi connectivity index (χ2v) is 6.26. The van der Waals surface area contributed by atoms with Crippen molar-refractivity contribution in [2.75, 3.05) is 5.32 Å². The summed E-state index contributed by atoms with van der Waals surface area (Å²) in [5.41, 5.74) is 1.54. The van der Waals surface area contributed by atoms with Crippen LogP contribution in [-0.4, -0.2) is 20.5 Å². The van der Waals surface area contributed by atoms with Gasteiger partial charge in [0, 0.05) is 16.2 Å². The van der Waals surface area contributed by atoms with Crippen LogP contribution in [0.2, 0.25) is 0 Å². The maximum absolute atomic E-state index is 11.9. The Hall–Kier alpha value is -1.34. The number of rotatable bonds is 3. The number of anilines is 1. The number of carbonyl (C=O) groups is 1. The highest BCUT2D eigenvalue weighted by atomic mass is 32.1. The van der Waals surface area contributed by atoms with Gasteiger partial charge in [0.25, 0.3) is 5.91 Å². The molecule has 2 heterocycles. The summed E-state index contributed by atoms with van der Waals surface area (Å²) >= 11 is 2.76. The average Bonchev–Trinajstić information content (AvgIpc) is 3.06. The number of nitrogens with one attached hydrogen (secondary N) is 1. The summed E-state index contributed by atoms with van der Waals surface area (Å²) in [6, 6.07) is 0. The minimum atomic E-state index is -0.229. The normalized spacial score (nSPS) is 18.1. The number of hydrogen-bond acceptors (Lipinski definition) is 6. The standard InChI is InChI=1S/C12H14N4OS2/c1-2-7-4-3-5-9-10(7)13-12(19-9)14-11(17)8-6-18-16-15-8/h6-7H,2-5H2,1H3,(H,13,14,17). The maximum atomic E-state index is 11.9. The fourth-order valence-electron chi connectivity index (χ4n) is 2.38. The number of aryl methyl sites for hydroxylation is 1. The molecule has 5 nitrogen and oxygen atoms in total. The molecule has 2 aromatic rings. The zero-order valence-corrected chi connectivity index (χ0v) is 12.2. The van der Waals surface area contributed by atoms with Crippen LogP contribution < -0.4 is 5.32 Å². The highest BCUT2D eigenvalue weighted by molar-refractivity contribution is 7.16. The zero-order chi connectivity index (χ0) is 13.2. The molecule has 1 aliphatic carbocycles. The van der Waals surface area contributed by atoms with Crippen molar-refractivity contribution in [1.82, 2.24) is 14.6 Å². The Morgan fingerprint density at radius 2 is 2.47 bits per heavy atom. The lowest BCUT2D eigenvalue weighted by atomic mass is 9.89. The predicted octanol–water partition coefficient (Wildman–Crippen LogP) is 3.08. The summed E-state index contributed by atoms with van der Waals surface area (Å²) < 4.78 is 3.69. The van der Waals surface area contributed by atoms with Crippen molar-refractivity contribution in [2.45, 2.75) is 38.5 Å². The first-order valence-corrected chi connectivity index (χ1v) is 8.01. The molecule has 3 rings (SSSR count). The Kier molecular flexibility index (Phi) is 3.56. The number of nitrogens with zero attached hydrogens (tertiary/aromatic N) is 3. The molecule has 0 fully saturated rings. The molecule has 0 bridgehead atoms. The van der Waals surface area contributed by atoms with E-state index in [0.717, 1.165) is 12.8 Å². The number of hydrogen-bond donors (Lipinski definition) is 1. The lowest BCUT2D eigenvalue weighted by molar-refractivity contribution is 0.102. The third-order valence-electron chi connectivity index (χ3n) is 3.38. The summed E-state index contributed by atoms with van der Waals surface area (Å²) in [5, 5.41) is 8.90. The zero-order valence-electron chi connectivity index (χ0n) is 10.5. The lowest BCUT2D eigenvalue weighted by Crippen LogP contribution is -2.12. The van der Waals surface area contributed by atoms with Gasteiger partial charge >= 0.3 is 0 Å². The Labute approximate surface area is 119 Å². The van der Waals surface area contributed by atoms with E-state index in [1.54, 1.807) is 16.7 Å². The Balaban J connectivity index is 1.79. The van der Waals surface area contributed by atoms with Crippen LogP contribution in [0, 0.1) is 0 Å². The van der Waals surface area contributed by atoms with E-state index in [9.17, 15) is 4.79 Å². The van der Waals surface area contributed by atoms with Gasteiger partial charge in [0.05, 0.1) is 5.69 Å². The summed E-state index contributed by atoms with van der Waals surface area (Å²) in [7, 11) is 0. The first kappa shape index (κ1) is 12.7. The molecule has 0 radical (unpaired) electrons. The van der Waals surface area contributed by atoms with Gasteiger partial charge in [0.1, 0.15) is 0 Å². The van der Waals surface area contributed by atoms with Crippen LogP contribution >= 0.6 is 22.9 Å². The third kappa shape index (κ3) is 2.52. The van der Waals surface area contributed by atoms with Crippen LogP contribution in [0.1, 0.15) is 53.2 Å². The Bertz CT molecular complexity index is 579. The number of fused-ring (bicyclic) bond motifs is 1. The van der Waals surface area contributed by atoms with Crippen molar-refractivity contribution >= 4 is 33.9 Å². The number of carbonyl (C=O) groups excluding carboxylic acids is 1. The summed E-state index contributed by atoms with van der Waals surface area (Å²) in [4.78, 5) is 17.8. The number of aromatic nitrogens is 3. The van der Waals surface area contributed by atoms with Gasteiger partial charge < -0.3 is 0 Å². The molecule has 19 heavy (non-hydrogen) atoms. The number of thiazole rings is 1. The molecule has 1 atom stereocenters. The van der Waals surface area contributed by atoms with Crippen LogP contribution in [0.15, 0.2) is 5.38 Å². The molecule has 1 unspecified atom stereocenters. The van der Waals surface area contributed by atoms with Gasteiger partial charge in [-0.05, 0) is 37.2 Å². The lowest BCUT2D eigenvalue weighted by Gasteiger charge is -2.18.